The van der Waals surface area contributed by atoms with Crippen LogP contribution in [0.15, 0.2) is 0 Å². The molecule has 0 aromatic rings. The fourth-order valence-electron chi connectivity index (χ4n) is 1.29. The third-order valence-corrected chi connectivity index (χ3v) is 2.53. The molecule has 3 N–H and O–H groups in total. The SMILES string of the molecule is CCC(CC)CNCCC(C)(C)N. The van der Waals surface area contributed by atoms with Gasteiger partial charge in [-0.25, -0.2) is 0 Å². The summed E-state index contributed by atoms with van der Waals surface area (Å²) in [6.07, 6.45) is 3.60. The summed E-state index contributed by atoms with van der Waals surface area (Å²) in [5.74, 6) is 0.834. The van der Waals surface area contributed by atoms with E-state index < -0.39 is 0 Å². The van der Waals surface area contributed by atoms with Crippen molar-refractivity contribution in [3.63, 3.8) is 0 Å². The highest BCUT2D eigenvalue weighted by atomic mass is 14.9. The highest BCUT2D eigenvalue weighted by molar-refractivity contribution is 4.72. The first-order valence-corrected chi connectivity index (χ1v) is 5.49. The van der Waals surface area contributed by atoms with Gasteiger partial charge in [-0.3, -0.25) is 0 Å². The van der Waals surface area contributed by atoms with E-state index in [1.165, 1.54) is 12.8 Å². The Labute approximate surface area is 83.3 Å². The van der Waals surface area contributed by atoms with Crippen LogP contribution >= 0.6 is 0 Å². The first-order valence-electron chi connectivity index (χ1n) is 5.49. The zero-order chi connectivity index (χ0) is 10.3. The Morgan fingerprint density at radius 1 is 1.23 bits per heavy atom. The van der Waals surface area contributed by atoms with E-state index >= 15 is 0 Å². The third-order valence-electron chi connectivity index (χ3n) is 2.53. The van der Waals surface area contributed by atoms with Crippen LogP contribution in [0.3, 0.4) is 0 Å². The van der Waals surface area contributed by atoms with Crippen molar-refractivity contribution in [3.8, 4) is 0 Å². The minimum Gasteiger partial charge on any atom is -0.326 e. The predicted molar refractivity (Wildman–Crippen MR) is 59.8 cm³/mol. The zero-order valence-electron chi connectivity index (χ0n) is 9.69. The molecule has 0 spiro atoms. The fraction of sp³-hybridized carbons (Fsp3) is 1.00. The average Bonchev–Trinajstić information content (AvgIpc) is 2.03. The van der Waals surface area contributed by atoms with Crippen LogP contribution in [-0.4, -0.2) is 18.6 Å². The summed E-state index contributed by atoms with van der Waals surface area (Å²) in [6, 6.07) is 0. The van der Waals surface area contributed by atoms with Crippen molar-refractivity contribution in [2.45, 2.75) is 52.5 Å². The van der Waals surface area contributed by atoms with E-state index in [0.29, 0.717) is 0 Å². The molecule has 0 aliphatic heterocycles. The standard InChI is InChI=1S/C11H26N2/c1-5-10(6-2)9-13-8-7-11(3,4)12/h10,13H,5-9,12H2,1-4H3. The fourth-order valence-corrected chi connectivity index (χ4v) is 1.29. The summed E-state index contributed by atoms with van der Waals surface area (Å²) in [4.78, 5) is 0. The van der Waals surface area contributed by atoms with Crippen molar-refractivity contribution >= 4 is 0 Å². The first-order chi connectivity index (χ1) is 5.99. The number of hydrogen-bond donors (Lipinski definition) is 2. The molecule has 0 aliphatic carbocycles. The lowest BCUT2D eigenvalue weighted by atomic mass is 10.0. The van der Waals surface area contributed by atoms with Crippen molar-refractivity contribution in [2.24, 2.45) is 11.7 Å². The Bertz CT molecular complexity index is 112. The van der Waals surface area contributed by atoms with Gasteiger partial charge < -0.3 is 11.1 Å². The second kappa shape index (κ2) is 6.39. The van der Waals surface area contributed by atoms with Gasteiger partial charge in [0.2, 0.25) is 0 Å². The Balaban J connectivity index is 3.34. The van der Waals surface area contributed by atoms with Gasteiger partial charge in [0.25, 0.3) is 0 Å². The molecule has 80 valence electrons. The smallest absolute Gasteiger partial charge is 0.0109 e. The van der Waals surface area contributed by atoms with E-state index in [1.807, 2.05) is 0 Å². The maximum atomic E-state index is 5.88. The van der Waals surface area contributed by atoms with Crippen LogP contribution in [0, 0.1) is 5.92 Å². The molecule has 0 heterocycles. The van der Waals surface area contributed by atoms with Crippen molar-refractivity contribution in [3.05, 3.63) is 0 Å². The van der Waals surface area contributed by atoms with Gasteiger partial charge in [0, 0.05) is 5.54 Å². The normalized spacial score (nSPS) is 12.5. The lowest BCUT2D eigenvalue weighted by Gasteiger charge is -2.19. The molecule has 0 aliphatic rings. The first kappa shape index (κ1) is 12.9. The molecule has 0 saturated carbocycles. The Kier molecular flexibility index (Phi) is 6.35. The molecule has 0 rings (SSSR count). The summed E-state index contributed by atoms with van der Waals surface area (Å²) >= 11 is 0. The minimum atomic E-state index is -0.0269. The average molecular weight is 186 g/mol. The van der Waals surface area contributed by atoms with Crippen LogP contribution < -0.4 is 11.1 Å². The largest absolute Gasteiger partial charge is 0.326 e. The van der Waals surface area contributed by atoms with E-state index in [2.05, 4.69) is 33.0 Å². The zero-order valence-corrected chi connectivity index (χ0v) is 9.69. The quantitative estimate of drug-likeness (QED) is 0.598. The molecule has 0 aromatic carbocycles. The molecule has 13 heavy (non-hydrogen) atoms. The summed E-state index contributed by atoms with van der Waals surface area (Å²) < 4.78 is 0. The summed E-state index contributed by atoms with van der Waals surface area (Å²) in [7, 11) is 0. The van der Waals surface area contributed by atoms with Gasteiger partial charge in [0.05, 0.1) is 0 Å². The summed E-state index contributed by atoms with van der Waals surface area (Å²) in [5, 5.41) is 3.46. The van der Waals surface area contributed by atoms with Crippen molar-refractivity contribution in [1.29, 1.82) is 0 Å². The van der Waals surface area contributed by atoms with Gasteiger partial charge in [-0.15, -0.1) is 0 Å². The summed E-state index contributed by atoms with van der Waals surface area (Å²) in [6.45, 7) is 10.8. The molecule has 2 heteroatoms. The predicted octanol–water partition coefficient (Wildman–Crippen LogP) is 2.14. The molecule has 0 radical (unpaired) electrons. The molecule has 0 aromatic heterocycles. The molecule has 0 bridgehead atoms. The molecule has 0 atom stereocenters. The van der Waals surface area contributed by atoms with Crippen LogP contribution in [0.5, 0.6) is 0 Å². The molecular weight excluding hydrogens is 160 g/mol. The van der Waals surface area contributed by atoms with Gasteiger partial charge in [-0.1, -0.05) is 26.7 Å². The maximum Gasteiger partial charge on any atom is 0.0109 e. The van der Waals surface area contributed by atoms with Gasteiger partial charge in [0.15, 0.2) is 0 Å². The Hall–Kier alpha value is -0.0800. The number of hydrogen-bond acceptors (Lipinski definition) is 2. The van der Waals surface area contributed by atoms with E-state index in [-0.39, 0.29) is 5.54 Å². The third kappa shape index (κ3) is 8.26. The maximum absolute atomic E-state index is 5.88. The van der Waals surface area contributed by atoms with Crippen LogP contribution in [-0.2, 0) is 0 Å². The van der Waals surface area contributed by atoms with E-state index in [4.69, 9.17) is 5.73 Å². The lowest BCUT2D eigenvalue weighted by Crippen LogP contribution is -2.36. The van der Waals surface area contributed by atoms with Crippen LogP contribution in [0.4, 0.5) is 0 Å². The molecule has 0 fully saturated rings. The number of nitrogens with two attached hydrogens (primary N) is 1. The summed E-state index contributed by atoms with van der Waals surface area (Å²) in [5.41, 5.74) is 5.85. The lowest BCUT2D eigenvalue weighted by molar-refractivity contribution is 0.411. The van der Waals surface area contributed by atoms with Crippen molar-refractivity contribution in [2.75, 3.05) is 13.1 Å². The molecule has 0 unspecified atom stereocenters. The Morgan fingerprint density at radius 2 is 1.77 bits per heavy atom. The number of nitrogens with one attached hydrogen (secondary N) is 1. The van der Waals surface area contributed by atoms with Crippen molar-refractivity contribution < 1.29 is 0 Å². The Morgan fingerprint density at radius 3 is 2.15 bits per heavy atom. The molecular formula is C11H26N2. The van der Waals surface area contributed by atoms with Gasteiger partial charge in [0.1, 0.15) is 0 Å². The second-order valence-electron chi connectivity index (χ2n) is 4.63. The highest BCUT2D eigenvalue weighted by Crippen LogP contribution is 2.06. The van der Waals surface area contributed by atoms with Crippen LogP contribution in [0.1, 0.15) is 47.0 Å². The second-order valence-corrected chi connectivity index (χ2v) is 4.63. The minimum absolute atomic E-state index is 0.0269. The van der Waals surface area contributed by atoms with Crippen LogP contribution in [0.2, 0.25) is 0 Å². The topological polar surface area (TPSA) is 38.0 Å². The van der Waals surface area contributed by atoms with E-state index in [1.54, 1.807) is 0 Å². The highest BCUT2D eigenvalue weighted by Gasteiger charge is 2.09. The molecule has 0 amide bonds. The van der Waals surface area contributed by atoms with Gasteiger partial charge >= 0.3 is 0 Å². The van der Waals surface area contributed by atoms with Gasteiger partial charge in [-0.2, -0.15) is 0 Å². The van der Waals surface area contributed by atoms with E-state index in [9.17, 15) is 0 Å². The monoisotopic (exact) mass is 186 g/mol. The van der Waals surface area contributed by atoms with Gasteiger partial charge in [-0.05, 0) is 39.3 Å². The molecule has 0 saturated heterocycles. The molecule has 2 nitrogen and oxygen atoms in total. The van der Waals surface area contributed by atoms with Crippen LogP contribution in [0.25, 0.3) is 0 Å². The van der Waals surface area contributed by atoms with Crippen molar-refractivity contribution in [1.82, 2.24) is 5.32 Å². The number of rotatable bonds is 7. The van der Waals surface area contributed by atoms with E-state index in [0.717, 1.165) is 25.4 Å².